The van der Waals surface area contributed by atoms with Crippen LogP contribution in [0, 0.1) is 0 Å². The molecular formula is C21H20O2S. The Morgan fingerprint density at radius 3 is 2.38 bits per heavy atom. The van der Waals surface area contributed by atoms with Gasteiger partial charge in [-0.15, -0.1) is 0 Å². The number of benzene rings is 3. The van der Waals surface area contributed by atoms with Crippen molar-refractivity contribution < 1.29 is 9.84 Å². The van der Waals surface area contributed by atoms with Crippen LogP contribution in [0.2, 0.25) is 0 Å². The maximum atomic E-state index is 10.9. The number of aliphatic hydroxyl groups is 1. The first-order valence-electron chi connectivity index (χ1n) is 8.30. The van der Waals surface area contributed by atoms with Crippen LogP contribution in [0.1, 0.15) is 18.4 Å². The molecule has 24 heavy (non-hydrogen) atoms. The van der Waals surface area contributed by atoms with Crippen LogP contribution >= 0.6 is 11.8 Å². The standard InChI is InChI=1S/C21H20O2S/c22-21(10-12-23-13-11-21)18-6-3-7-19(15-18)24-20-9-8-16-4-1-2-5-17(16)14-20/h1-9,14-15,22H,10-13H2. The maximum absolute atomic E-state index is 10.9. The van der Waals surface area contributed by atoms with Gasteiger partial charge in [0.1, 0.15) is 0 Å². The Balaban J connectivity index is 1.61. The summed E-state index contributed by atoms with van der Waals surface area (Å²) in [5, 5.41) is 13.4. The minimum Gasteiger partial charge on any atom is -0.385 e. The summed E-state index contributed by atoms with van der Waals surface area (Å²) < 4.78 is 5.39. The predicted molar refractivity (Wildman–Crippen MR) is 98.5 cm³/mol. The largest absolute Gasteiger partial charge is 0.385 e. The SMILES string of the molecule is OC1(c2cccc(Sc3ccc4ccccc4c3)c2)CCOCC1. The Hall–Kier alpha value is -1.81. The minimum atomic E-state index is -0.752. The molecule has 0 aromatic heterocycles. The van der Waals surface area contributed by atoms with Crippen molar-refractivity contribution in [2.75, 3.05) is 13.2 Å². The monoisotopic (exact) mass is 336 g/mol. The zero-order chi connectivity index (χ0) is 16.4. The first-order chi connectivity index (χ1) is 11.7. The van der Waals surface area contributed by atoms with Gasteiger partial charge in [-0.1, -0.05) is 54.2 Å². The van der Waals surface area contributed by atoms with Gasteiger partial charge >= 0.3 is 0 Å². The molecule has 1 fully saturated rings. The average Bonchev–Trinajstić information content (AvgIpc) is 2.63. The van der Waals surface area contributed by atoms with E-state index in [9.17, 15) is 5.11 Å². The average molecular weight is 336 g/mol. The summed E-state index contributed by atoms with van der Waals surface area (Å²) in [6, 6.07) is 23.2. The number of hydrogen-bond acceptors (Lipinski definition) is 3. The van der Waals surface area contributed by atoms with E-state index in [1.807, 2.05) is 12.1 Å². The van der Waals surface area contributed by atoms with Crippen molar-refractivity contribution in [3.8, 4) is 0 Å². The van der Waals surface area contributed by atoms with Gasteiger partial charge in [-0.25, -0.2) is 0 Å². The Labute approximate surface area is 146 Å². The highest BCUT2D eigenvalue weighted by atomic mass is 32.2. The molecule has 0 amide bonds. The normalized spacial score (nSPS) is 17.0. The van der Waals surface area contributed by atoms with Gasteiger partial charge in [0.15, 0.2) is 0 Å². The van der Waals surface area contributed by atoms with E-state index >= 15 is 0 Å². The number of hydrogen-bond donors (Lipinski definition) is 1. The van der Waals surface area contributed by atoms with Crippen LogP contribution in [0.4, 0.5) is 0 Å². The molecule has 0 radical (unpaired) electrons. The smallest absolute Gasteiger partial charge is 0.0940 e. The van der Waals surface area contributed by atoms with Crippen LogP contribution in [0.3, 0.4) is 0 Å². The fourth-order valence-corrected chi connectivity index (χ4v) is 4.14. The summed E-state index contributed by atoms with van der Waals surface area (Å²) >= 11 is 1.74. The summed E-state index contributed by atoms with van der Waals surface area (Å²) in [6.07, 6.45) is 1.33. The van der Waals surface area contributed by atoms with E-state index < -0.39 is 5.60 Å². The lowest BCUT2D eigenvalue weighted by Gasteiger charge is -2.32. The van der Waals surface area contributed by atoms with Crippen LogP contribution in [-0.4, -0.2) is 18.3 Å². The Kier molecular flexibility index (Phi) is 4.31. The minimum absolute atomic E-state index is 0.624. The molecule has 3 aromatic rings. The van der Waals surface area contributed by atoms with E-state index in [1.54, 1.807) is 11.8 Å². The van der Waals surface area contributed by atoms with Crippen LogP contribution in [0.15, 0.2) is 76.5 Å². The van der Waals surface area contributed by atoms with Crippen molar-refractivity contribution in [1.29, 1.82) is 0 Å². The molecule has 1 N–H and O–H groups in total. The molecule has 3 heteroatoms. The van der Waals surface area contributed by atoms with Crippen LogP contribution in [0.25, 0.3) is 10.8 Å². The lowest BCUT2D eigenvalue weighted by atomic mass is 9.87. The number of rotatable bonds is 3. The Morgan fingerprint density at radius 2 is 1.54 bits per heavy atom. The van der Waals surface area contributed by atoms with Crippen molar-refractivity contribution in [2.24, 2.45) is 0 Å². The van der Waals surface area contributed by atoms with Gasteiger partial charge in [-0.05, 0) is 40.6 Å². The van der Waals surface area contributed by atoms with Crippen molar-refractivity contribution in [2.45, 2.75) is 28.2 Å². The number of fused-ring (bicyclic) bond motifs is 1. The van der Waals surface area contributed by atoms with Gasteiger partial charge in [0.05, 0.1) is 5.60 Å². The fraction of sp³-hybridized carbons (Fsp3) is 0.238. The quantitative estimate of drug-likeness (QED) is 0.731. The first kappa shape index (κ1) is 15.7. The highest BCUT2D eigenvalue weighted by Gasteiger charge is 2.31. The zero-order valence-corrected chi connectivity index (χ0v) is 14.3. The van der Waals surface area contributed by atoms with Crippen molar-refractivity contribution in [1.82, 2.24) is 0 Å². The van der Waals surface area contributed by atoms with E-state index in [2.05, 4.69) is 54.6 Å². The lowest BCUT2D eigenvalue weighted by Crippen LogP contribution is -2.33. The molecule has 1 aliphatic heterocycles. The summed E-state index contributed by atoms with van der Waals surface area (Å²) in [5.41, 5.74) is 0.245. The maximum Gasteiger partial charge on any atom is 0.0940 e. The molecule has 1 heterocycles. The van der Waals surface area contributed by atoms with E-state index in [0.29, 0.717) is 26.1 Å². The summed E-state index contributed by atoms with van der Waals surface area (Å²) in [6.45, 7) is 1.25. The Bertz CT molecular complexity index is 853. The first-order valence-corrected chi connectivity index (χ1v) is 9.12. The summed E-state index contributed by atoms with van der Waals surface area (Å²) in [4.78, 5) is 2.37. The topological polar surface area (TPSA) is 29.5 Å². The highest BCUT2D eigenvalue weighted by molar-refractivity contribution is 7.99. The van der Waals surface area contributed by atoms with Crippen LogP contribution in [-0.2, 0) is 10.3 Å². The summed E-state index contributed by atoms with van der Waals surface area (Å²) in [7, 11) is 0. The van der Waals surface area contributed by atoms with Gasteiger partial charge < -0.3 is 9.84 Å². The van der Waals surface area contributed by atoms with Crippen molar-refractivity contribution >= 4 is 22.5 Å². The highest BCUT2D eigenvalue weighted by Crippen LogP contribution is 2.36. The van der Waals surface area contributed by atoms with E-state index in [1.165, 1.54) is 15.7 Å². The third-order valence-corrected chi connectivity index (χ3v) is 5.63. The van der Waals surface area contributed by atoms with Gasteiger partial charge in [-0.2, -0.15) is 0 Å². The molecule has 1 saturated heterocycles. The molecule has 0 bridgehead atoms. The molecular weight excluding hydrogens is 316 g/mol. The van der Waals surface area contributed by atoms with Crippen molar-refractivity contribution in [3.05, 3.63) is 72.3 Å². The van der Waals surface area contributed by atoms with Crippen molar-refractivity contribution in [3.63, 3.8) is 0 Å². The van der Waals surface area contributed by atoms with E-state index in [-0.39, 0.29) is 0 Å². The molecule has 0 spiro atoms. The van der Waals surface area contributed by atoms with Gasteiger partial charge in [0.25, 0.3) is 0 Å². The van der Waals surface area contributed by atoms with Gasteiger partial charge in [-0.3, -0.25) is 0 Å². The molecule has 0 unspecified atom stereocenters. The molecule has 0 saturated carbocycles. The predicted octanol–water partition coefficient (Wildman–Crippen LogP) is 4.99. The molecule has 0 aliphatic carbocycles. The molecule has 0 atom stereocenters. The molecule has 1 aliphatic rings. The second-order valence-corrected chi connectivity index (χ2v) is 7.43. The number of ether oxygens (including phenoxy) is 1. The third-order valence-electron chi connectivity index (χ3n) is 4.65. The van der Waals surface area contributed by atoms with Gasteiger partial charge in [0.2, 0.25) is 0 Å². The van der Waals surface area contributed by atoms with E-state index in [4.69, 9.17) is 4.74 Å². The molecule has 122 valence electrons. The van der Waals surface area contributed by atoms with Crippen LogP contribution < -0.4 is 0 Å². The van der Waals surface area contributed by atoms with Crippen LogP contribution in [0.5, 0.6) is 0 Å². The second kappa shape index (κ2) is 6.60. The zero-order valence-electron chi connectivity index (χ0n) is 13.4. The lowest BCUT2D eigenvalue weighted by molar-refractivity contribution is -0.0680. The van der Waals surface area contributed by atoms with Gasteiger partial charge in [0, 0.05) is 35.8 Å². The third kappa shape index (κ3) is 3.20. The molecule has 4 rings (SSSR count). The Morgan fingerprint density at radius 1 is 0.792 bits per heavy atom. The summed E-state index contributed by atoms with van der Waals surface area (Å²) in [5.74, 6) is 0. The molecule has 2 nitrogen and oxygen atoms in total. The van der Waals surface area contributed by atoms with E-state index in [0.717, 1.165) is 10.5 Å². The molecule has 3 aromatic carbocycles. The fourth-order valence-electron chi connectivity index (χ4n) is 3.21. The second-order valence-electron chi connectivity index (χ2n) is 6.28.